The van der Waals surface area contributed by atoms with E-state index in [0.717, 1.165) is 18.4 Å². The largest absolute Gasteiger partial charge is 0.311 e. The van der Waals surface area contributed by atoms with Crippen molar-refractivity contribution >= 4 is 0 Å². The maximum atomic E-state index is 13.7. The number of piperidine rings is 1. The first kappa shape index (κ1) is 13.1. The minimum atomic E-state index is -0.0368. The Bertz CT molecular complexity index is 421. The highest BCUT2D eigenvalue weighted by atomic mass is 19.1. The lowest BCUT2D eigenvalue weighted by atomic mass is 9.75. The highest BCUT2D eigenvalue weighted by Gasteiger charge is 2.33. The second-order valence-corrected chi connectivity index (χ2v) is 6.13. The van der Waals surface area contributed by atoms with E-state index < -0.39 is 0 Å². The molecule has 0 spiro atoms. The Morgan fingerprint density at radius 3 is 2.47 bits per heavy atom. The first-order valence-electron chi connectivity index (χ1n) is 7.41. The van der Waals surface area contributed by atoms with Gasteiger partial charge < -0.3 is 10.2 Å². The van der Waals surface area contributed by atoms with E-state index in [9.17, 15) is 4.39 Å². The van der Waals surface area contributed by atoms with E-state index in [1.54, 1.807) is 12.1 Å². The summed E-state index contributed by atoms with van der Waals surface area (Å²) in [4.78, 5) is 2.39. The van der Waals surface area contributed by atoms with Crippen molar-refractivity contribution in [3.63, 3.8) is 0 Å². The zero-order chi connectivity index (χ0) is 13.2. The van der Waals surface area contributed by atoms with Crippen LogP contribution in [0.2, 0.25) is 0 Å². The average molecular weight is 262 g/mol. The molecule has 0 radical (unpaired) electrons. The molecule has 1 aromatic rings. The third kappa shape index (κ3) is 2.98. The molecule has 0 amide bonds. The summed E-state index contributed by atoms with van der Waals surface area (Å²) in [6, 6.07) is 8.49. The maximum absolute atomic E-state index is 13.7. The van der Waals surface area contributed by atoms with Gasteiger partial charge in [-0.25, -0.2) is 4.39 Å². The first-order chi connectivity index (χ1) is 9.22. The Morgan fingerprint density at radius 1 is 1.11 bits per heavy atom. The van der Waals surface area contributed by atoms with Crippen molar-refractivity contribution in [3.8, 4) is 0 Å². The number of benzene rings is 1. The third-order valence-electron chi connectivity index (χ3n) is 4.67. The molecule has 1 heterocycles. The molecule has 2 aliphatic rings. The van der Waals surface area contributed by atoms with E-state index in [-0.39, 0.29) is 5.82 Å². The molecule has 0 unspecified atom stereocenters. The van der Waals surface area contributed by atoms with Gasteiger partial charge in [0.1, 0.15) is 5.82 Å². The van der Waals surface area contributed by atoms with E-state index in [1.807, 2.05) is 12.1 Å². The molecule has 2 fully saturated rings. The minimum absolute atomic E-state index is 0.0368. The Labute approximate surface area is 115 Å². The molecule has 0 atom stereocenters. The Morgan fingerprint density at radius 2 is 1.79 bits per heavy atom. The summed E-state index contributed by atoms with van der Waals surface area (Å²) in [5.41, 5.74) is 0.906. The van der Waals surface area contributed by atoms with E-state index in [1.165, 1.54) is 25.9 Å². The van der Waals surface area contributed by atoms with Crippen molar-refractivity contribution in [2.24, 2.45) is 0 Å². The SMILES string of the molecule is CN1CCC(NC2CC(c3ccccc3F)C2)CC1. The molecule has 1 aliphatic carbocycles. The van der Waals surface area contributed by atoms with Gasteiger partial charge in [0.05, 0.1) is 0 Å². The van der Waals surface area contributed by atoms with Crippen LogP contribution in [0.15, 0.2) is 24.3 Å². The summed E-state index contributed by atoms with van der Waals surface area (Å²) in [5.74, 6) is 0.384. The third-order valence-corrected chi connectivity index (χ3v) is 4.67. The van der Waals surface area contributed by atoms with Crippen LogP contribution < -0.4 is 5.32 Å². The molecule has 0 aromatic heterocycles. The Kier molecular flexibility index (Phi) is 3.85. The van der Waals surface area contributed by atoms with Crippen molar-refractivity contribution in [2.45, 2.75) is 43.7 Å². The van der Waals surface area contributed by atoms with Gasteiger partial charge in [0.15, 0.2) is 0 Å². The van der Waals surface area contributed by atoms with E-state index in [2.05, 4.69) is 17.3 Å². The van der Waals surface area contributed by atoms with Gasteiger partial charge in [-0.15, -0.1) is 0 Å². The Hall–Kier alpha value is -0.930. The van der Waals surface area contributed by atoms with Crippen molar-refractivity contribution in [2.75, 3.05) is 20.1 Å². The molecule has 3 rings (SSSR count). The summed E-state index contributed by atoms with van der Waals surface area (Å²) < 4.78 is 13.7. The molecule has 3 heteroatoms. The first-order valence-corrected chi connectivity index (χ1v) is 7.41. The van der Waals surface area contributed by atoms with Gasteiger partial charge in [-0.3, -0.25) is 0 Å². The molecule has 1 N–H and O–H groups in total. The molecule has 19 heavy (non-hydrogen) atoms. The lowest BCUT2D eigenvalue weighted by Crippen LogP contribution is -2.49. The highest BCUT2D eigenvalue weighted by molar-refractivity contribution is 5.24. The number of likely N-dealkylation sites (tertiary alicyclic amines) is 1. The number of rotatable bonds is 3. The second-order valence-electron chi connectivity index (χ2n) is 6.13. The van der Waals surface area contributed by atoms with Crippen LogP contribution in [0.1, 0.15) is 37.2 Å². The predicted molar refractivity (Wildman–Crippen MR) is 75.8 cm³/mol. The van der Waals surface area contributed by atoms with E-state index >= 15 is 0 Å². The monoisotopic (exact) mass is 262 g/mol. The van der Waals surface area contributed by atoms with E-state index in [0.29, 0.717) is 18.0 Å². The van der Waals surface area contributed by atoms with Crippen LogP contribution in [-0.2, 0) is 0 Å². The van der Waals surface area contributed by atoms with Crippen molar-refractivity contribution in [1.29, 1.82) is 0 Å². The van der Waals surface area contributed by atoms with Crippen LogP contribution in [0.25, 0.3) is 0 Å². The summed E-state index contributed by atoms with van der Waals surface area (Å²) in [6.07, 6.45) is 4.68. The lowest BCUT2D eigenvalue weighted by Gasteiger charge is -2.40. The topological polar surface area (TPSA) is 15.3 Å². The summed E-state index contributed by atoms with van der Waals surface area (Å²) in [5, 5.41) is 3.75. The number of nitrogens with one attached hydrogen (secondary N) is 1. The van der Waals surface area contributed by atoms with Crippen LogP contribution in [0, 0.1) is 5.82 Å². The fourth-order valence-electron chi connectivity index (χ4n) is 3.32. The molecule has 1 aliphatic heterocycles. The van der Waals surface area contributed by atoms with Gasteiger partial charge in [-0.2, -0.15) is 0 Å². The Balaban J connectivity index is 1.47. The van der Waals surface area contributed by atoms with Crippen LogP contribution in [-0.4, -0.2) is 37.1 Å². The zero-order valence-electron chi connectivity index (χ0n) is 11.6. The quantitative estimate of drug-likeness (QED) is 0.901. The van der Waals surface area contributed by atoms with Gasteiger partial charge in [0.25, 0.3) is 0 Å². The zero-order valence-corrected chi connectivity index (χ0v) is 11.6. The summed E-state index contributed by atoms with van der Waals surface area (Å²) >= 11 is 0. The smallest absolute Gasteiger partial charge is 0.126 e. The average Bonchev–Trinajstić information content (AvgIpc) is 2.37. The fraction of sp³-hybridized carbons (Fsp3) is 0.625. The van der Waals surface area contributed by atoms with Gasteiger partial charge >= 0.3 is 0 Å². The van der Waals surface area contributed by atoms with Crippen LogP contribution in [0.3, 0.4) is 0 Å². The number of nitrogens with zero attached hydrogens (tertiary/aromatic N) is 1. The number of hydrogen-bond acceptors (Lipinski definition) is 2. The van der Waals surface area contributed by atoms with E-state index in [4.69, 9.17) is 0 Å². The van der Waals surface area contributed by atoms with Crippen LogP contribution in [0.4, 0.5) is 4.39 Å². The summed E-state index contributed by atoms with van der Waals surface area (Å²) in [6.45, 7) is 2.39. The van der Waals surface area contributed by atoms with Crippen LogP contribution >= 0.6 is 0 Å². The highest BCUT2D eigenvalue weighted by Crippen LogP contribution is 2.38. The summed E-state index contributed by atoms with van der Waals surface area (Å²) in [7, 11) is 2.19. The van der Waals surface area contributed by atoms with Crippen LogP contribution in [0.5, 0.6) is 0 Å². The van der Waals surface area contributed by atoms with Gasteiger partial charge in [-0.05, 0) is 63.4 Å². The molecule has 1 saturated carbocycles. The normalized spacial score (nSPS) is 29.2. The second kappa shape index (κ2) is 5.59. The maximum Gasteiger partial charge on any atom is 0.126 e. The molecular formula is C16H23FN2. The van der Waals surface area contributed by atoms with Gasteiger partial charge in [0, 0.05) is 12.1 Å². The van der Waals surface area contributed by atoms with Crippen molar-refractivity contribution in [3.05, 3.63) is 35.6 Å². The van der Waals surface area contributed by atoms with Gasteiger partial charge in [-0.1, -0.05) is 18.2 Å². The molecular weight excluding hydrogens is 239 g/mol. The predicted octanol–water partition coefficient (Wildman–Crippen LogP) is 2.76. The number of halogens is 1. The lowest BCUT2D eigenvalue weighted by molar-refractivity contribution is 0.191. The standard InChI is InChI=1S/C16H23FN2/c1-19-8-6-13(7-9-19)18-14-10-12(11-14)15-4-2-3-5-16(15)17/h2-5,12-14,18H,6-11H2,1H3. The molecule has 1 aromatic carbocycles. The number of hydrogen-bond donors (Lipinski definition) is 1. The minimum Gasteiger partial charge on any atom is -0.311 e. The molecule has 2 nitrogen and oxygen atoms in total. The van der Waals surface area contributed by atoms with Gasteiger partial charge in [0.2, 0.25) is 0 Å². The molecule has 104 valence electrons. The van der Waals surface area contributed by atoms with Crippen molar-refractivity contribution < 1.29 is 4.39 Å². The molecule has 1 saturated heterocycles. The van der Waals surface area contributed by atoms with Crippen molar-refractivity contribution in [1.82, 2.24) is 10.2 Å². The fourth-order valence-corrected chi connectivity index (χ4v) is 3.32. The molecule has 0 bridgehead atoms.